The minimum absolute atomic E-state index is 0.0309. The Morgan fingerprint density at radius 2 is 2.20 bits per heavy atom. The monoisotopic (exact) mass is 341 g/mol. The molecule has 2 aromatic heterocycles. The molecule has 1 fully saturated rings. The molecule has 1 N–H and O–H groups in total. The summed E-state index contributed by atoms with van der Waals surface area (Å²) in [5.74, 6) is -0.0309. The predicted octanol–water partition coefficient (Wildman–Crippen LogP) is 2.83. The molecular weight excluding hydrogens is 314 g/mol. The van der Waals surface area contributed by atoms with Gasteiger partial charge in [0.25, 0.3) is 0 Å². The van der Waals surface area contributed by atoms with Gasteiger partial charge in [-0.25, -0.2) is 0 Å². The van der Waals surface area contributed by atoms with Crippen LogP contribution in [0.3, 0.4) is 0 Å². The third-order valence-corrected chi connectivity index (χ3v) is 4.66. The van der Waals surface area contributed by atoms with E-state index in [1.807, 2.05) is 18.3 Å². The third kappa shape index (κ3) is 4.25. The van der Waals surface area contributed by atoms with E-state index in [9.17, 15) is 4.79 Å². The summed E-state index contributed by atoms with van der Waals surface area (Å²) in [5.41, 5.74) is 3.25. The van der Waals surface area contributed by atoms with Gasteiger partial charge in [0.15, 0.2) is 0 Å². The number of carbonyl (C=O) groups excluding carboxylic acids is 1. The molecule has 0 spiro atoms. The van der Waals surface area contributed by atoms with Crippen molar-refractivity contribution < 1.29 is 4.79 Å². The van der Waals surface area contributed by atoms with Gasteiger partial charge in [0.1, 0.15) is 0 Å². The van der Waals surface area contributed by atoms with E-state index in [4.69, 9.17) is 4.98 Å². The summed E-state index contributed by atoms with van der Waals surface area (Å²) in [6.45, 7) is 8.29. The number of likely N-dealkylation sites (tertiary alicyclic amines) is 1. The number of amides is 1. The van der Waals surface area contributed by atoms with Gasteiger partial charge in [-0.3, -0.25) is 19.4 Å². The summed E-state index contributed by atoms with van der Waals surface area (Å²) < 4.78 is 2.09. The molecule has 134 valence electrons. The van der Waals surface area contributed by atoms with Crippen molar-refractivity contribution in [3.8, 4) is 0 Å². The zero-order chi connectivity index (χ0) is 17.8. The summed E-state index contributed by atoms with van der Waals surface area (Å²) in [7, 11) is 0. The second kappa shape index (κ2) is 7.78. The Balaban J connectivity index is 1.74. The summed E-state index contributed by atoms with van der Waals surface area (Å²) >= 11 is 0. The first-order valence-electron chi connectivity index (χ1n) is 9.01. The highest BCUT2D eigenvalue weighted by Crippen LogP contribution is 2.32. The maximum atomic E-state index is 11.1. The van der Waals surface area contributed by atoms with Crippen molar-refractivity contribution in [2.24, 2.45) is 0 Å². The van der Waals surface area contributed by atoms with Gasteiger partial charge in [-0.1, -0.05) is 6.07 Å². The topological polar surface area (TPSA) is 63.1 Å². The van der Waals surface area contributed by atoms with Crippen LogP contribution in [0.1, 0.15) is 62.8 Å². The van der Waals surface area contributed by atoms with E-state index < -0.39 is 0 Å². The summed E-state index contributed by atoms with van der Waals surface area (Å²) in [6.07, 6.45) is 4.18. The first-order valence-corrected chi connectivity index (χ1v) is 9.01. The van der Waals surface area contributed by atoms with Crippen LogP contribution in [0.5, 0.6) is 0 Å². The molecule has 1 amide bonds. The fourth-order valence-electron chi connectivity index (χ4n) is 3.49. The van der Waals surface area contributed by atoms with E-state index in [1.54, 1.807) is 0 Å². The van der Waals surface area contributed by atoms with Crippen molar-refractivity contribution in [2.45, 2.75) is 58.8 Å². The summed E-state index contributed by atoms with van der Waals surface area (Å²) in [6, 6.07) is 8.90. The molecule has 0 saturated carbocycles. The van der Waals surface area contributed by atoms with Crippen LogP contribution in [-0.2, 0) is 17.9 Å². The first kappa shape index (κ1) is 17.6. The molecule has 1 aliphatic rings. The van der Waals surface area contributed by atoms with Crippen LogP contribution in [0.25, 0.3) is 0 Å². The van der Waals surface area contributed by atoms with Crippen LogP contribution in [0.4, 0.5) is 0 Å². The van der Waals surface area contributed by atoms with Gasteiger partial charge in [-0.05, 0) is 51.4 Å². The molecule has 0 aliphatic carbocycles. The number of nitrogens with one attached hydrogen (secondary N) is 1. The molecule has 0 radical (unpaired) electrons. The van der Waals surface area contributed by atoms with Crippen molar-refractivity contribution in [1.29, 1.82) is 0 Å². The molecule has 1 atom stereocenters. The van der Waals surface area contributed by atoms with E-state index in [2.05, 4.69) is 46.0 Å². The quantitative estimate of drug-likeness (QED) is 0.877. The van der Waals surface area contributed by atoms with Crippen LogP contribution in [0.2, 0.25) is 0 Å². The lowest BCUT2D eigenvalue weighted by Gasteiger charge is -2.25. The first-order chi connectivity index (χ1) is 12.0. The minimum Gasteiger partial charge on any atom is -0.351 e. The van der Waals surface area contributed by atoms with Crippen molar-refractivity contribution in [3.63, 3.8) is 0 Å². The number of aromatic nitrogens is 3. The molecule has 0 aromatic carbocycles. The van der Waals surface area contributed by atoms with Crippen LogP contribution < -0.4 is 5.32 Å². The van der Waals surface area contributed by atoms with E-state index >= 15 is 0 Å². The van der Waals surface area contributed by atoms with Gasteiger partial charge in [-0.2, -0.15) is 5.10 Å². The third-order valence-electron chi connectivity index (χ3n) is 4.66. The lowest BCUT2D eigenvalue weighted by atomic mass is 10.1. The zero-order valence-corrected chi connectivity index (χ0v) is 15.3. The standard InChI is InChI=1S/C19H27N5O/c1-14(2)24-17(9-10-21-24)13-23-11-5-8-19(23)18-7-4-6-16(22-18)12-20-15(3)25/h4,6-7,9-10,14,19H,5,8,11-13H2,1-3H3,(H,20,25). The van der Waals surface area contributed by atoms with E-state index in [0.29, 0.717) is 18.6 Å². The number of pyridine rings is 1. The van der Waals surface area contributed by atoms with Crippen LogP contribution in [0, 0.1) is 0 Å². The SMILES string of the molecule is CC(=O)NCc1cccc(C2CCCN2Cc2ccnn2C(C)C)n1. The van der Waals surface area contributed by atoms with Gasteiger partial charge in [0, 0.05) is 25.7 Å². The highest BCUT2D eigenvalue weighted by molar-refractivity contribution is 5.72. The molecule has 25 heavy (non-hydrogen) atoms. The fraction of sp³-hybridized carbons (Fsp3) is 0.526. The minimum atomic E-state index is -0.0309. The number of hydrogen-bond acceptors (Lipinski definition) is 4. The van der Waals surface area contributed by atoms with Crippen molar-refractivity contribution in [1.82, 2.24) is 25.0 Å². The number of hydrogen-bond donors (Lipinski definition) is 1. The largest absolute Gasteiger partial charge is 0.351 e. The molecule has 6 heteroatoms. The number of carbonyl (C=O) groups is 1. The van der Waals surface area contributed by atoms with E-state index in [1.165, 1.54) is 19.0 Å². The van der Waals surface area contributed by atoms with Crippen LogP contribution in [0.15, 0.2) is 30.5 Å². The molecule has 2 aromatic rings. The molecule has 1 unspecified atom stereocenters. The molecule has 1 aliphatic heterocycles. The second-order valence-electron chi connectivity index (χ2n) is 6.95. The predicted molar refractivity (Wildman–Crippen MR) is 96.8 cm³/mol. The lowest BCUT2D eigenvalue weighted by molar-refractivity contribution is -0.119. The average Bonchev–Trinajstić information content (AvgIpc) is 3.23. The van der Waals surface area contributed by atoms with E-state index in [-0.39, 0.29) is 5.91 Å². The fourth-order valence-corrected chi connectivity index (χ4v) is 3.49. The molecule has 3 heterocycles. The molecular formula is C19H27N5O. The normalized spacial score (nSPS) is 18.0. The lowest BCUT2D eigenvalue weighted by Crippen LogP contribution is -2.26. The molecule has 6 nitrogen and oxygen atoms in total. The van der Waals surface area contributed by atoms with Crippen LogP contribution in [-0.4, -0.2) is 32.1 Å². The smallest absolute Gasteiger partial charge is 0.217 e. The average molecular weight is 341 g/mol. The van der Waals surface area contributed by atoms with Gasteiger partial charge < -0.3 is 5.32 Å². The van der Waals surface area contributed by atoms with Crippen LogP contribution >= 0.6 is 0 Å². The van der Waals surface area contributed by atoms with Crippen molar-refractivity contribution in [2.75, 3.05) is 6.54 Å². The molecule has 0 bridgehead atoms. The van der Waals surface area contributed by atoms with Crippen molar-refractivity contribution >= 4 is 5.91 Å². The second-order valence-corrected chi connectivity index (χ2v) is 6.95. The number of rotatable bonds is 6. The zero-order valence-electron chi connectivity index (χ0n) is 15.3. The summed E-state index contributed by atoms with van der Waals surface area (Å²) in [4.78, 5) is 18.4. The molecule has 1 saturated heterocycles. The maximum absolute atomic E-state index is 11.1. The Morgan fingerprint density at radius 1 is 1.36 bits per heavy atom. The Kier molecular flexibility index (Phi) is 5.48. The highest BCUT2D eigenvalue weighted by Gasteiger charge is 2.28. The van der Waals surface area contributed by atoms with Crippen molar-refractivity contribution in [3.05, 3.63) is 47.5 Å². The van der Waals surface area contributed by atoms with Gasteiger partial charge >= 0.3 is 0 Å². The highest BCUT2D eigenvalue weighted by atomic mass is 16.1. The maximum Gasteiger partial charge on any atom is 0.217 e. The Hall–Kier alpha value is -2.21. The van der Waals surface area contributed by atoms with E-state index in [0.717, 1.165) is 30.9 Å². The Morgan fingerprint density at radius 3 is 2.96 bits per heavy atom. The number of nitrogens with zero attached hydrogens (tertiary/aromatic N) is 4. The molecule has 3 rings (SSSR count). The van der Waals surface area contributed by atoms with Gasteiger partial charge in [0.05, 0.1) is 29.7 Å². The van der Waals surface area contributed by atoms with Gasteiger partial charge in [-0.15, -0.1) is 0 Å². The Labute approximate surface area is 149 Å². The summed E-state index contributed by atoms with van der Waals surface area (Å²) in [5, 5.41) is 7.27. The van der Waals surface area contributed by atoms with Gasteiger partial charge in [0.2, 0.25) is 5.91 Å². The Bertz CT molecular complexity index is 724.